The van der Waals surface area contributed by atoms with E-state index in [1.54, 1.807) is 0 Å². The Kier molecular flexibility index (Phi) is 1.19. The molecular formula is C8H11NO. The molecule has 2 aliphatic rings. The van der Waals surface area contributed by atoms with Crippen molar-refractivity contribution in [1.82, 2.24) is 0 Å². The summed E-state index contributed by atoms with van der Waals surface area (Å²) in [6.07, 6.45) is 9.49. The lowest BCUT2D eigenvalue weighted by Crippen LogP contribution is -2.17. The van der Waals surface area contributed by atoms with Gasteiger partial charge in [-0.2, -0.15) is 0 Å². The Labute approximate surface area is 60.4 Å². The molecule has 0 radical (unpaired) electrons. The number of fused-ring (bicyclic) bond motifs is 1. The number of epoxide rings is 1. The molecule has 10 heavy (non-hydrogen) atoms. The summed E-state index contributed by atoms with van der Waals surface area (Å²) >= 11 is 0. The predicted molar refractivity (Wildman–Crippen MR) is 39.6 cm³/mol. The van der Waals surface area contributed by atoms with Gasteiger partial charge in [0, 0.05) is 0 Å². The maximum atomic E-state index is 5.45. The van der Waals surface area contributed by atoms with E-state index in [4.69, 9.17) is 10.5 Å². The molecule has 1 aliphatic heterocycles. The Balaban J connectivity index is 2.08. The topological polar surface area (TPSA) is 38.5 Å². The van der Waals surface area contributed by atoms with E-state index in [9.17, 15) is 0 Å². The van der Waals surface area contributed by atoms with Crippen LogP contribution in [0, 0.1) is 0 Å². The third-order valence-corrected chi connectivity index (χ3v) is 2.08. The predicted octanol–water partition coefficient (Wildman–Crippen LogP) is 0.599. The highest BCUT2D eigenvalue weighted by atomic mass is 16.6. The van der Waals surface area contributed by atoms with E-state index in [0.29, 0.717) is 12.6 Å². The molecule has 1 fully saturated rings. The fourth-order valence-corrected chi connectivity index (χ4v) is 1.43. The summed E-state index contributed by atoms with van der Waals surface area (Å²) in [5.74, 6) is 0. The van der Waals surface area contributed by atoms with Crippen molar-refractivity contribution in [2.45, 2.75) is 18.1 Å². The highest BCUT2D eigenvalue weighted by Crippen LogP contribution is 2.43. The number of allylic oxidation sites excluding steroid dienone is 2. The van der Waals surface area contributed by atoms with Crippen LogP contribution in [0.3, 0.4) is 0 Å². The molecule has 2 rings (SSSR count). The molecule has 2 unspecified atom stereocenters. The molecule has 1 saturated heterocycles. The summed E-state index contributed by atoms with van der Waals surface area (Å²) in [7, 11) is 0. The molecule has 0 aromatic rings. The first-order valence-electron chi connectivity index (χ1n) is 3.61. The van der Waals surface area contributed by atoms with Gasteiger partial charge in [-0.1, -0.05) is 18.2 Å². The van der Waals surface area contributed by atoms with Crippen LogP contribution >= 0.6 is 0 Å². The van der Waals surface area contributed by atoms with Gasteiger partial charge in [-0.25, -0.2) is 0 Å². The zero-order chi connectivity index (χ0) is 7.03. The molecule has 0 aromatic carbocycles. The van der Waals surface area contributed by atoms with Crippen molar-refractivity contribution < 1.29 is 4.74 Å². The summed E-state index contributed by atoms with van der Waals surface area (Å²) in [5, 5.41) is 0. The van der Waals surface area contributed by atoms with Gasteiger partial charge in [-0.05, 0) is 19.0 Å². The van der Waals surface area contributed by atoms with Gasteiger partial charge in [0.05, 0.1) is 0 Å². The van der Waals surface area contributed by atoms with Crippen LogP contribution in [0.4, 0.5) is 0 Å². The Morgan fingerprint density at radius 1 is 1.50 bits per heavy atom. The number of hydrogen-bond acceptors (Lipinski definition) is 2. The minimum atomic E-state index is 0.00347. The van der Waals surface area contributed by atoms with Gasteiger partial charge in [-0.3, -0.25) is 0 Å². The van der Waals surface area contributed by atoms with Crippen molar-refractivity contribution in [3.63, 3.8) is 0 Å². The van der Waals surface area contributed by atoms with E-state index in [1.165, 1.54) is 0 Å². The lowest BCUT2D eigenvalue weighted by molar-refractivity contribution is 0.331. The van der Waals surface area contributed by atoms with Gasteiger partial charge in [0.15, 0.2) is 0 Å². The molecular weight excluding hydrogens is 126 g/mol. The molecule has 2 atom stereocenters. The Bertz CT molecular complexity index is 197. The van der Waals surface area contributed by atoms with Gasteiger partial charge < -0.3 is 10.5 Å². The zero-order valence-electron chi connectivity index (χ0n) is 5.79. The molecule has 2 heteroatoms. The SMILES string of the molecule is NCCC12C=CC=CC1O2. The lowest BCUT2D eigenvalue weighted by atomic mass is 9.97. The van der Waals surface area contributed by atoms with Crippen molar-refractivity contribution in [1.29, 1.82) is 0 Å². The smallest absolute Gasteiger partial charge is 0.118 e. The second-order valence-electron chi connectivity index (χ2n) is 2.78. The van der Waals surface area contributed by atoms with Crippen LogP contribution in [0.25, 0.3) is 0 Å². The third kappa shape index (κ3) is 0.728. The first-order valence-corrected chi connectivity index (χ1v) is 3.61. The van der Waals surface area contributed by atoms with Crippen LogP contribution in [0.5, 0.6) is 0 Å². The number of hydrogen-bond donors (Lipinski definition) is 1. The molecule has 2 nitrogen and oxygen atoms in total. The van der Waals surface area contributed by atoms with Crippen molar-refractivity contribution in [3.05, 3.63) is 24.3 Å². The Morgan fingerprint density at radius 2 is 2.40 bits per heavy atom. The van der Waals surface area contributed by atoms with Crippen LogP contribution in [-0.2, 0) is 4.74 Å². The highest BCUT2D eigenvalue weighted by molar-refractivity contribution is 5.31. The van der Waals surface area contributed by atoms with E-state index >= 15 is 0 Å². The normalized spacial score (nSPS) is 41.5. The summed E-state index contributed by atoms with van der Waals surface area (Å²) in [6, 6.07) is 0. The molecule has 54 valence electrons. The van der Waals surface area contributed by atoms with Gasteiger partial charge >= 0.3 is 0 Å². The van der Waals surface area contributed by atoms with Crippen LogP contribution < -0.4 is 5.73 Å². The lowest BCUT2D eigenvalue weighted by Gasteiger charge is -2.05. The summed E-state index contributed by atoms with van der Waals surface area (Å²) in [4.78, 5) is 0. The van der Waals surface area contributed by atoms with Crippen molar-refractivity contribution in [3.8, 4) is 0 Å². The van der Waals surface area contributed by atoms with Crippen LogP contribution in [0.1, 0.15) is 6.42 Å². The van der Waals surface area contributed by atoms with Crippen LogP contribution in [0.2, 0.25) is 0 Å². The Morgan fingerprint density at radius 3 is 3.10 bits per heavy atom. The average Bonchev–Trinajstić information content (AvgIpc) is 2.62. The maximum Gasteiger partial charge on any atom is 0.118 e. The molecule has 0 spiro atoms. The highest BCUT2D eigenvalue weighted by Gasteiger charge is 2.52. The van der Waals surface area contributed by atoms with E-state index in [1.807, 2.05) is 12.2 Å². The quantitative estimate of drug-likeness (QED) is 0.566. The zero-order valence-corrected chi connectivity index (χ0v) is 5.79. The molecule has 0 bridgehead atoms. The first kappa shape index (κ1) is 6.13. The third-order valence-electron chi connectivity index (χ3n) is 2.08. The summed E-state index contributed by atoms with van der Waals surface area (Å²) in [5.41, 5.74) is 5.44. The number of ether oxygens (including phenoxy) is 1. The number of rotatable bonds is 2. The summed E-state index contributed by atoms with van der Waals surface area (Å²) < 4.78 is 5.45. The van der Waals surface area contributed by atoms with Crippen molar-refractivity contribution in [2.24, 2.45) is 5.73 Å². The average molecular weight is 137 g/mol. The minimum absolute atomic E-state index is 0.00347. The van der Waals surface area contributed by atoms with Gasteiger partial charge in [0.2, 0.25) is 0 Å². The second kappa shape index (κ2) is 1.94. The van der Waals surface area contributed by atoms with Crippen molar-refractivity contribution in [2.75, 3.05) is 6.54 Å². The summed E-state index contributed by atoms with van der Waals surface area (Å²) in [6.45, 7) is 0.703. The standard InChI is InChI=1S/C8H11NO/c9-6-5-8-4-2-1-3-7(8)10-8/h1-4,7H,5-6,9H2. The minimum Gasteiger partial charge on any atom is -0.357 e. The second-order valence-corrected chi connectivity index (χ2v) is 2.78. The van der Waals surface area contributed by atoms with Crippen molar-refractivity contribution >= 4 is 0 Å². The van der Waals surface area contributed by atoms with E-state index in [0.717, 1.165) is 6.42 Å². The fraction of sp³-hybridized carbons (Fsp3) is 0.500. The monoisotopic (exact) mass is 137 g/mol. The maximum absolute atomic E-state index is 5.45. The Hall–Kier alpha value is -0.600. The molecule has 0 saturated carbocycles. The van der Waals surface area contributed by atoms with E-state index in [2.05, 4.69) is 12.2 Å². The first-order chi connectivity index (χ1) is 4.87. The van der Waals surface area contributed by atoms with Gasteiger partial charge in [-0.15, -0.1) is 0 Å². The van der Waals surface area contributed by atoms with E-state index < -0.39 is 0 Å². The van der Waals surface area contributed by atoms with Crippen LogP contribution in [0.15, 0.2) is 24.3 Å². The van der Waals surface area contributed by atoms with E-state index in [-0.39, 0.29) is 5.60 Å². The largest absolute Gasteiger partial charge is 0.357 e. The molecule has 1 heterocycles. The molecule has 0 amide bonds. The van der Waals surface area contributed by atoms with Gasteiger partial charge in [0.25, 0.3) is 0 Å². The molecule has 0 aromatic heterocycles. The number of nitrogens with two attached hydrogens (primary N) is 1. The van der Waals surface area contributed by atoms with Gasteiger partial charge in [0.1, 0.15) is 11.7 Å². The van der Waals surface area contributed by atoms with Crippen LogP contribution in [-0.4, -0.2) is 18.2 Å². The molecule has 2 N–H and O–H groups in total. The fourth-order valence-electron chi connectivity index (χ4n) is 1.43. The molecule has 1 aliphatic carbocycles.